The third kappa shape index (κ3) is 4.01. The molecule has 0 atom stereocenters. The van der Waals surface area contributed by atoms with Crippen LogP contribution in [0.2, 0.25) is 0 Å². The van der Waals surface area contributed by atoms with Gasteiger partial charge in [-0.2, -0.15) is 10.4 Å². The lowest BCUT2D eigenvalue weighted by Crippen LogP contribution is -2.19. The van der Waals surface area contributed by atoms with Crippen molar-refractivity contribution >= 4 is 12.1 Å². The Labute approximate surface area is 175 Å². The number of nitrogens with one attached hydrogen (secondary N) is 1. The standard InChI is InChI=1S/C24H23FN4O/c1-14-8-15(2)23(16(3)9-14)29-17(4)10-20(18(29)5)13-27-28-24(30)21-7-6-19(12-26)11-22(21)25/h6-11,13H,1-5H3,(H,28,30)/b27-13-. The molecule has 5 nitrogen and oxygen atoms in total. The summed E-state index contributed by atoms with van der Waals surface area (Å²) in [6, 6.07) is 11.8. The van der Waals surface area contributed by atoms with E-state index in [0.29, 0.717) is 0 Å². The summed E-state index contributed by atoms with van der Waals surface area (Å²) in [6.07, 6.45) is 1.55. The maximum absolute atomic E-state index is 14.0. The molecule has 0 aliphatic rings. The molecule has 1 heterocycles. The van der Waals surface area contributed by atoms with Gasteiger partial charge in [0.1, 0.15) is 5.82 Å². The highest BCUT2D eigenvalue weighted by atomic mass is 19.1. The van der Waals surface area contributed by atoms with Crippen molar-refractivity contribution in [2.24, 2.45) is 5.10 Å². The summed E-state index contributed by atoms with van der Waals surface area (Å²) in [4.78, 5) is 12.2. The van der Waals surface area contributed by atoms with Gasteiger partial charge in [-0.15, -0.1) is 0 Å². The Kier molecular flexibility index (Phi) is 5.84. The van der Waals surface area contributed by atoms with E-state index in [1.807, 2.05) is 26.0 Å². The Morgan fingerprint density at radius 3 is 2.37 bits per heavy atom. The van der Waals surface area contributed by atoms with E-state index >= 15 is 0 Å². The maximum atomic E-state index is 14.0. The molecule has 1 amide bonds. The van der Waals surface area contributed by atoms with Crippen molar-refractivity contribution in [3.05, 3.63) is 87.0 Å². The van der Waals surface area contributed by atoms with Crippen molar-refractivity contribution in [3.8, 4) is 11.8 Å². The number of aromatic nitrogens is 1. The molecule has 0 fully saturated rings. The molecule has 1 N–H and O–H groups in total. The molecule has 0 spiro atoms. The van der Waals surface area contributed by atoms with E-state index < -0.39 is 11.7 Å². The minimum atomic E-state index is -0.759. The lowest BCUT2D eigenvalue weighted by Gasteiger charge is -2.16. The van der Waals surface area contributed by atoms with E-state index in [1.54, 1.807) is 6.21 Å². The third-order valence-electron chi connectivity index (χ3n) is 5.04. The first kappa shape index (κ1) is 21.0. The van der Waals surface area contributed by atoms with Crippen molar-refractivity contribution in [3.63, 3.8) is 0 Å². The van der Waals surface area contributed by atoms with E-state index in [-0.39, 0.29) is 11.1 Å². The van der Waals surface area contributed by atoms with Crippen LogP contribution < -0.4 is 5.43 Å². The summed E-state index contributed by atoms with van der Waals surface area (Å²) >= 11 is 0. The van der Waals surface area contributed by atoms with Gasteiger partial charge in [-0.1, -0.05) is 17.7 Å². The van der Waals surface area contributed by atoms with E-state index in [0.717, 1.165) is 28.7 Å². The van der Waals surface area contributed by atoms with Crippen molar-refractivity contribution in [2.75, 3.05) is 0 Å². The third-order valence-corrected chi connectivity index (χ3v) is 5.04. The zero-order valence-electron chi connectivity index (χ0n) is 17.7. The Bertz CT molecular complexity index is 1190. The van der Waals surface area contributed by atoms with Crippen LogP contribution in [0.5, 0.6) is 0 Å². The highest BCUT2D eigenvalue weighted by Gasteiger charge is 2.15. The van der Waals surface area contributed by atoms with Gasteiger partial charge >= 0.3 is 0 Å². The van der Waals surface area contributed by atoms with Gasteiger partial charge < -0.3 is 4.57 Å². The van der Waals surface area contributed by atoms with Crippen LogP contribution in [-0.2, 0) is 0 Å². The van der Waals surface area contributed by atoms with Gasteiger partial charge in [0.2, 0.25) is 0 Å². The lowest BCUT2D eigenvalue weighted by atomic mass is 10.0. The highest BCUT2D eigenvalue weighted by Crippen LogP contribution is 2.26. The van der Waals surface area contributed by atoms with Crippen LogP contribution >= 0.6 is 0 Å². The van der Waals surface area contributed by atoms with Crippen LogP contribution in [0.25, 0.3) is 5.69 Å². The van der Waals surface area contributed by atoms with E-state index in [4.69, 9.17) is 5.26 Å². The van der Waals surface area contributed by atoms with Crippen LogP contribution in [0.1, 0.15) is 49.6 Å². The molecule has 0 aliphatic carbocycles. The molecule has 0 saturated carbocycles. The number of aryl methyl sites for hydroxylation is 4. The fourth-order valence-corrected chi connectivity index (χ4v) is 3.78. The fourth-order valence-electron chi connectivity index (χ4n) is 3.78. The number of hydrogen-bond acceptors (Lipinski definition) is 3. The zero-order chi connectivity index (χ0) is 22.0. The minimum absolute atomic E-state index is 0.154. The molecule has 0 bridgehead atoms. The Balaban J connectivity index is 1.85. The molecule has 1 aromatic heterocycles. The number of rotatable bonds is 4. The second kappa shape index (κ2) is 8.34. The number of hydrogen-bond donors (Lipinski definition) is 1. The normalized spacial score (nSPS) is 11.0. The second-order valence-electron chi connectivity index (χ2n) is 7.41. The van der Waals surface area contributed by atoms with Gasteiger partial charge in [0.05, 0.1) is 29.1 Å². The molecule has 3 aromatic rings. The average Bonchev–Trinajstić information content (AvgIpc) is 2.95. The number of benzene rings is 2. The molecule has 3 rings (SSSR count). The summed E-state index contributed by atoms with van der Waals surface area (Å²) in [6.45, 7) is 10.3. The molecular weight excluding hydrogens is 379 g/mol. The number of nitrogens with zero attached hydrogens (tertiary/aromatic N) is 3. The summed E-state index contributed by atoms with van der Waals surface area (Å²) in [5, 5.41) is 12.8. The summed E-state index contributed by atoms with van der Waals surface area (Å²) < 4.78 is 16.2. The number of halogens is 1. The summed E-state index contributed by atoms with van der Waals surface area (Å²) in [7, 11) is 0. The van der Waals surface area contributed by atoms with Crippen molar-refractivity contribution < 1.29 is 9.18 Å². The number of amides is 1. The molecule has 0 saturated heterocycles. The number of carbonyl (C=O) groups is 1. The predicted molar refractivity (Wildman–Crippen MR) is 116 cm³/mol. The molecule has 0 aliphatic heterocycles. The van der Waals surface area contributed by atoms with Crippen molar-refractivity contribution in [1.29, 1.82) is 5.26 Å². The largest absolute Gasteiger partial charge is 0.317 e. The van der Waals surface area contributed by atoms with Gasteiger partial charge in [-0.05, 0) is 70.0 Å². The first-order chi connectivity index (χ1) is 14.2. The Hall–Kier alpha value is -3.72. The predicted octanol–water partition coefficient (Wildman–Crippen LogP) is 4.79. The molecule has 0 unspecified atom stereocenters. The summed E-state index contributed by atoms with van der Waals surface area (Å²) in [5.74, 6) is -1.43. The Morgan fingerprint density at radius 2 is 1.77 bits per heavy atom. The van der Waals surface area contributed by atoms with Gasteiger partial charge in [0.15, 0.2) is 0 Å². The highest BCUT2D eigenvalue weighted by molar-refractivity contribution is 5.95. The second-order valence-corrected chi connectivity index (χ2v) is 7.41. The number of hydrazone groups is 1. The zero-order valence-corrected chi connectivity index (χ0v) is 17.7. The van der Waals surface area contributed by atoms with Crippen LogP contribution in [0, 0.1) is 51.8 Å². The molecule has 30 heavy (non-hydrogen) atoms. The molecule has 6 heteroatoms. The quantitative estimate of drug-likeness (QED) is 0.503. The van der Waals surface area contributed by atoms with Crippen LogP contribution in [0.3, 0.4) is 0 Å². The van der Waals surface area contributed by atoms with E-state index in [9.17, 15) is 9.18 Å². The van der Waals surface area contributed by atoms with Gasteiger partial charge in [-0.3, -0.25) is 4.79 Å². The topological polar surface area (TPSA) is 70.2 Å². The smallest absolute Gasteiger partial charge is 0.274 e. The fraction of sp³-hybridized carbons (Fsp3) is 0.208. The van der Waals surface area contributed by atoms with Gasteiger partial charge in [0.25, 0.3) is 5.91 Å². The minimum Gasteiger partial charge on any atom is -0.317 e. The van der Waals surface area contributed by atoms with Crippen molar-refractivity contribution in [1.82, 2.24) is 9.99 Å². The maximum Gasteiger partial charge on any atom is 0.274 e. The SMILES string of the molecule is Cc1cc(C)c(-n2c(C)cc(/C=N\NC(=O)c3ccc(C#N)cc3F)c2C)c(C)c1. The lowest BCUT2D eigenvalue weighted by molar-refractivity contribution is 0.0951. The average molecular weight is 402 g/mol. The number of nitriles is 1. The molecule has 2 aromatic carbocycles. The Morgan fingerprint density at radius 1 is 1.10 bits per heavy atom. The van der Waals surface area contributed by atoms with Gasteiger partial charge in [-0.25, -0.2) is 9.82 Å². The van der Waals surface area contributed by atoms with Gasteiger partial charge in [0, 0.05) is 17.0 Å². The monoisotopic (exact) mass is 402 g/mol. The van der Waals surface area contributed by atoms with Crippen molar-refractivity contribution in [2.45, 2.75) is 34.6 Å². The number of carbonyl (C=O) groups excluding carboxylic acids is 1. The van der Waals surface area contributed by atoms with Crippen LogP contribution in [-0.4, -0.2) is 16.7 Å². The molecular formula is C24H23FN4O. The first-order valence-corrected chi connectivity index (χ1v) is 9.53. The molecule has 0 radical (unpaired) electrons. The van der Waals surface area contributed by atoms with E-state index in [1.165, 1.54) is 28.8 Å². The molecule has 152 valence electrons. The van der Waals surface area contributed by atoms with E-state index in [2.05, 4.69) is 48.0 Å². The van der Waals surface area contributed by atoms with Crippen LogP contribution in [0.4, 0.5) is 4.39 Å². The first-order valence-electron chi connectivity index (χ1n) is 9.53. The van der Waals surface area contributed by atoms with Crippen LogP contribution in [0.15, 0.2) is 41.5 Å². The summed E-state index contributed by atoms with van der Waals surface area (Å²) in [5.41, 5.74) is 9.96.